The van der Waals surface area contributed by atoms with Crippen molar-refractivity contribution in [1.29, 1.82) is 0 Å². The second kappa shape index (κ2) is 7.94. The fraction of sp³-hybridized carbons (Fsp3) is 0.217. The number of carbonyl (C=O) groups is 3. The molecular formula is C23H21N3O4. The highest BCUT2D eigenvalue weighted by atomic mass is 16.5. The van der Waals surface area contributed by atoms with E-state index in [9.17, 15) is 14.4 Å². The molecule has 0 saturated heterocycles. The van der Waals surface area contributed by atoms with E-state index in [1.165, 1.54) is 5.01 Å². The van der Waals surface area contributed by atoms with Crippen LogP contribution < -0.4 is 5.01 Å². The Morgan fingerprint density at radius 3 is 2.53 bits per heavy atom. The minimum Gasteiger partial charge on any atom is -0.450 e. The van der Waals surface area contributed by atoms with Crippen molar-refractivity contribution in [1.82, 2.24) is 4.98 Å². The zero-order chi connectivity index (χ0) is 21.3. The Labute approximate surface area is 173 Å². The van der Waals surface area contributed by atoms with Gasteiger partial charge in [-0.1, -0.05) is 36.4 Å². The topological polar surface area (TPSA) is 91.8 Å². The smallest absolute Gasteiger partial charge is 0.355 e. The van der Waals surface area contributed by atoms with Gasteiger partial charge in [0.15, 0.2) is 6.10 Å². The summed E-state index contributed by atoms with van der Waals surface area (Å²) < 4.78 is 5.43. The van der Waals surface area contributed by atoms with Gasteiger partial charge in [-0.25, -0.2) is 9.80 Å². The Balaban J connectivity index is 1.53. The Hall–Kier alpha value is -3.74. The third-order valence-corrected chi connectivity index (χ3v) is 5.06. The predicted octanol–water partition coefficient (Wildman–Crippen LogP) is 3.77. The van der Waals surface area contributed by atoms with Gasteiger partial charge in [0.25, 0.3) is 0 Å². The van der Waals surface area contributed by atoms with Gasteiger partial charge < -0.3 is 9.72 Å². The minimum atomic E-state index is -0.985. The molecule has 7 nitrogen and oxygen atoms in total. The fourth-order valence-corrected chi connectivity index (χ4v) is 3.55. The highest BCUT2D eigenvalue weighted by Gasteiger charge is 2.30. The average molecular weight is 403 g/mol. The van der Waals surface area contributed by atoms with Gasteiger partial charge in [0.2, 0.25) is 11.7 Å². The number of ether oxygens (including phenoxy) is 1. The molecule has 1 aliphatic heterocycles. The number of para-hydroxylation sites is 2. The van der Waals surface area contributed by atoms with Crippen LogP contribution in [0.1, 0.15) is 35.8 Å². The van der Waals surface area contributed by atoms with Crippen molar-refractivity contribution in [3.8, 4) is 0 Å². The number of hydrogen-bond donors (Lipinski definition) is 1. The van der Waals surface area contributed by atoms with Crippen LogP contribution in [0.3, 0.4) is 0 Å². The van der Waals surface area contributed by atoms with Crippen molar-refractivity contribution in [2.75, 3.05) is 5.01 Å². The molecule has 1 atom stereocenters. The second-order valence-electron chi connectivity index (χ2n) is 7.17. The number of fused-ring (bicyclic) bond motifs is 1. The molecule has 0 aliphatic carbocycles. The molecule has 30 heavy (non-hydrogen) atoms. The van der Waals surface area contributed by atoms with Crippen LogP contribution in [-0.2, 0) is 14.3 Å². The van der Waals surface area contributed by atoms with Crippen LogP contribution in [0.5, 0.6) is 0 Å². The Kier molecular flexibility index (Phi) is 5.18. The van der Waals surface area contributed by atoms with E-state index in [1.54, 1.807) is 31.2 Å². The summed E-state index contributed by atoms with van der Waals surface area (Å²) in [5.41, 5.74) is 2.78. The summed E-state index contributed by atoms with van der Waals surface area (Å²) in [6, 6.07) is 16.4. The lowest BCUT2D eigenvalue weighted by Gasteiger charge is -2.23. The first-order chi connectivity index (χ1) is 14.5. The van der Waals surface area contributed by atoms with Crippen molar-refractivity contribution in [2.24, 2.45) is 5.10 Å². The highest BCUT2D eigenvalue weighted by Crippen LogP contribution is 2.24. The summed E-state index contributed by atoms with van der Waals surface area (Å²) in [5, 5.41) is 6.18. The number of Topliss-reactive ketones (excluding diaryl/α,β-unsaturated/α-hetero) is 1. The first-order valence-corrected chi connectivity index (χ1v) is 9.73. The van der Waals surface area contributed by atoms with Gasteiger partial charge in [0, 0.05) is 35.0 Å². The number of nitrogens with zero attached hydrogens (tertiary/aromatic N) is 2. The molecule has 3 aromatic rings. The zero-order valence-electron chi connectivity index (χ0n) is 16.7. The molecule has 0 radical (unpaired) electrons. The first-order valence-electron chi connectivity index (χ1n) is 9.73. The normalized spacial score (nSPS) is 15.1. The number of aromatic amines is 1. The lowest BCUT2D eigenvalue weighted by Crippen LogP contribution is -2.36. The lowest BCUT2D eigenvalue weighted by molar-refractivity contribution is -0.138. The standard InChI is InChI=1S/C23H21N3O4/c1-14-21(17-10-6-7-11-18(17)24-14)22(28)15(2)30-23(29)19-12-13-20(27)26(25-19)16-8-4-3-5-9-16/h3-11,15,24H,12-13H2,1-2H3. The van der Waals surface area contributed by atoms with Gasteiger partial charge >= 0.3 is 5.97 Å². The van der Waals surface area contributed by atoms with Crippen LogP contribution in [0.2, 0.25) is 0 Å². The number of rotatable bonds is 5. The van der Waals surface area contributed by atoms with Crippen LogP contribution >= 0.6 is 0 Å². The molecule has 4 rings (SSSR count). The number of nitrogens with one attached hydrogen (secondary N) is 1. The SMILES string of the molecule is Cc1[nH]c2ccccc2c1C(=O)C(C)OC(=O)C1=NN(c2ccccc2)C(=O)CC1. The molecule has 1 N–H and O–H groups in total. The van der Waals surface area contributed by atoms with Crippen LogP contribution in [0, 0.1) is 6.92 Å². The molecule has 0 saturated carbocycles. The summed E-state index contributed by atoms with van der Waals surface area (Å²) in [4.78, 5) is 41.1. The Morgan fingerprint density at radius 1 is 1.07 bits per heavy atom. The molecule has 7 heteroatoms. The predicted molar refractivity (Wildman–Crippen MR) is 114 cm³/mol. The molecule has 2 heterocycles. The Morgan fingerprint density at radius 2 is 1.77 bits per heavy atom. The van der Waals surface area contributed by atoms with Crippen LogP contribution in [-0.4, -0.2) is 34.5 Å². The van der Waals surface area contributed by atoms with E-state index in [4.69, 9.17) is 4.74 Å². The van der Waals surface area contributed by atoms with Gasteiger partial charge in [-0.15, -0.1) is 0 Å². The molecule has 0 bridgehead atoms. The lowest BCUT2D eigenvalue weighted by atomic mass is 10.0. The Bertz CT molecular complexity index is 1160. The van der Waals surface area contributed by atoms with Crippen molar-refractivity contribution >= 4 is 40.0 Å². The maximum absolute atomic E-state index is 13.0. The number of anilines is 1. The molecule has 1 unspecified atom stereocenters. The molecule has 2 aromatic carbocycles. The van der Waals surface area contributed by atoms with E-state index in [0.29, 0.717) is 11.3 Å². The average Bonchev–Trinajstić information content (AvgIpc) is 3.09. The number of ketones is 1. The van der Waals surface area contributed by atoms with Crippen molar-refractivity contribution in [3.63, 3.8) is 0 Å². The van der Waals surface area contributed by atoms with Crippen molar-refractivity contribution < 1.29 is 19.1 Å². The summed E-state index contributed by atoms with van der Waals surface area (Å²) in [6.07, 6.45) is -0.665. The van der Waals surface area contributed by atoms with Crippen LogP contribution in [0.25, 0.3) is 10.9 Å². The number of aryl methyl sites for hydroxylation is 1. The van der Waals surface area contributed by atoms with Gasteiger partial charge in [-0.2, -0.15) is 5.10 Å². The summed E-state index contributed by atoms with van der Waals surface area (Å²) in [5.74, 6) is -1.18. The monoisotopic (exact) mass is 403 g/mol. The molecule has 1 amide bonds. The summed E-state index contributed by atoms with van der Waals surface area (Å²) in [6.45, 7) is 3.36. The van der Waals surface area contributed by atoms with Gasteiger partial charge in [-0.3, -0.25) is 9.59 Å². The zero-order valence-corrected chi connectivity index (χ0v) is 16.7. The molecule has 152 valence electrons. The minimum absolute atomic E-state index is 0.119. The molecule has 0 spiro atoms. The highest BCUT2D eigenvalue weighted by molar-refractivity contribution is 6.38. The number of benzene rings is 2. The van der Waals surface area contributed by atoms with Gasteiger partial charge in [0.1, 0.15) is 5.71 Å². The van der Waals surface area contributed by atoms with Crippen LogP contribution in [0.4, 0.5) is 5.69 Å². The second-order valence-corrected chi connectivity index (χ2v) is 7.17. The number of H-pyrrole nitrogens is 1. The number of esters is 1. The number of aromatic nitrogens is 1. The summed E-state index contributed by atoms with van der Waals surface area (Å²) >= 11 is 0. The van der Waals surface area contributed by atoms with Crippen molar-refractivity contribution in [2.45, 2.75) is 32.8 Å². The van der Waals surface area contributed by atoms with Gasteiger partial charge in [-0.05, 0) is 32.0 Å². The molecule has 0 fully saturated rings. The largest absolute Gasteiger partial charge is 0.450 e. The summed E-state index contributed by atoms with van der Waals surface area (Å²) in [7, 11) is 0. The number of carbonyl (C=O) groups excluding carboxylic acids is 3. The van der Waals surface area contributed by atoms with E-state index in [0.717, 1.165) is 16.6 Å². The quantitative estimate of drug-likeness (QED) is 0.518. The van der Waals surface area contributed by atoms with E-state index in [-0.39, 0.29) is 30.2 Å². The van der Waals surface area contributed by atoms with E-state index < -0.39 is 12.1 Å². The van der Waals surface area contributed by atoms with Crippen LogP contribution in [0.15, 0.2) is 59.7 Å². The van der Waals surface area contributed by atoms with E-state index >= 15 is 0 Å². The maximum atomic E-state index is 13.0. The van der Waals surface area contributed by atoms with E-state index in [1.807, 2.05) is 37.3 Å². The fourth-order valence-electron chi connectivity index (χ4n) is 3.55. The maximum Gasteiger partial charge on any atom is 0.355 e. The molecule has 1 aromatic heterocycles. The first kappa shape index (κ1) is 19.6. The number of hydrogen-bond acceptors (Lipinski definition) is 5. The van der Waals surface area contributed by atoms with Gasteiger partial charge in [0.05, 0.1) is 5.69 Å². The molecular weight excluding hydrogens is 382 g/mol. The number of hydrazone groups is 1. The third kappa shape index (κ3) is 3.61. The van der Waals surface area contributed by atoms with E-state index in [2.05, 4.69) is 10.1 Å². The third-order valence-electron chi connectivity index (χ3n) is 5.06. The van der Waals surface area contributed by atoms with Crippen molar-refractivity contribution in [3.05, 3.63) is 65.9 Å². The number of amides is 1. The molecule has 1 aliphatic rings.